The van der Waals surface area contributed by atoms with Gasteiger partial charge in [-0.15, -0.1) is 0 Å². The van der Waals surface area contributed by atoms with Gasteiger partial charge in [-0.3, -0.25) is 0 Å². The van der Waals surface area contributed by atoms with Crippen LogP contribution in [-0.2, 0) is 19.2 Å². The maximum Gasteiger partial charge on any atom is 3.00 e. The molecule has 0 aliphatic rings. The van der Waals surface area contributed by atoms with E-state index in [1.54, 1.807) is 0 Å². The first-order chi connectivity index (χ1) is 5.29. The predicted octanol–water partition coefficient (Wildman–Crippen LogP) is -10.4. The van der Waals surface area contributed by atoms with E-state index in [0.29, 0.717) is 0 Å². The van der Waals surface area contributed by atoms with Crippen LogP contribution in [0, 0.1) is 0 Å². The summed E-state index contributed by atoms with van der Waals surface area (Å²) in [7, 11) is 0. The van der Waals surface area contributed by atoms with Gasteiger partial charge in [0.2, 0.25) is 0 Å². The molecule has 68 valence electrons. The van der Waals surface area contributed by atoms with Gasteiger partial charge >= 0.3 is 86.3 Å². The molecular weight excluding hydrogens is 336 g/mol. The summed E-state index contributed by atoms with van der Waals surface area (Å²) in [5, 5.41) is 35.7. The molecule has 0 radical (unpaired) electrons. The first-order valence-electron chi connectivity index (χ1n) is 2.13. The van der Waals surface area contributed by atoms with Crippen molar-refractivity contribution < 1.29 is 108 Å². The Bertz CT molecular complexity index is 177. The van der Waals surface area contributed by atoms with Crippen LogP contribution in [0.25, 0.3) is 0 Å². The largest absolute Gasteiger partial charge is 3.00 e. The minimum Gasteiger partial charge on any atom is -0.543 e. The Morgan fingerprint density at radius 3 is 0.643 bits per heavy atom. The molecular formula is C4AlCsO8. The van der Waals surface area contributed by atoms with Crippen molar-refractivity contribution in [3.8, 4) is 0 Å². The van der Waals surface area contributed by atoms with Crippen LogP contribution in [0.15, 0.2) is 0 Å². The van der Waals surface area contributed by atoms with Crippen molar-refractivity contribution in [3.63, 3.8) is 0 Å². The second-order valence-corrected chi connectivity index (χ2v) is 1.15. The van der Waals surface area contributed by atoms with Gasteiger partial charge in [-0.1, -0.05) is 0 Å². The average Bonchev–Trinajstić information content (AvgIpc) is 1.88. The van der Waals surface area contributed by atoms with E-state index in [0.717, 1.165) is 0 Å². The van der Waals surface area contributed by atoms with E-state index in [-0.39, 0.29) is 86.3 Å². The minimum absolute atomic E-state index is 0. The summed E-state index contributed by atoms with van der Waals surface area (Å²) >= 11 is 0. The number of hydrogen-bond acceptors (Lipinski definition) is 8. The van der Waals surface area contributed by atoms with E-state index in [2.05, 4.69) is 0 Å². The number of carboxylic acid groups (broad SMARTS) is 4. The van der Waals surface area contributed by atoms with Crippen molar-refractivity contribution in [3.05, 3.63) is 0 Å². The Balaban J connectivity index is -0.0000000625. The number of carbonyl (C=O) groups excluding carboxylic acids is 4. The molecule has 0 aromatic heterocycles. The fourth-order valence-electron chi connectivity index (χ4n) is 0. The van der Waals surface area contributed by atoms with Crippen molar-refractivity contribution in [1.29, 1.82) is 0 Å². The van der Waals surface area contributed by atoms with Gasteiger partial charge in [0.05, 0.1) is 23.9 Å². The third kappa shape index (κ3) is 22.9. The average molecular weight is 336 g/mol. The quantitative estimate of drug-likeness (QED) is 0.311. The number of carboxylic acids is 4. The summed E-state index contributed by atoms with van der Waals surface area (Å²) < 4.78 is 0. The van der Waals surface area contributed by atoms with Gasteiger partial charge in [-0.05, 0) is 0 Å². The van der Waals surface area contributed by atoms with E-state index in [4.69, 9.17) is 39.6 Å². The molecule has 8 nitrogen and oxygen atoms in total. The maximum absolute atomic E-state index is 8.93. The van der Waals surface area contributed by atoms with Gasteiger partial charge in [0.1, 0.15) is 0 Å². The fraction of sp³-hybridized carbons (Fsp3) is 0. The zero-order valence-electron chi connectivity index (χ0n) is 6.84. The second kappa shape index (κ2) is 13.5. The molecule has 0 unspecified atom stereocenters. The zero-order valence-corrected chi connectivity index (χ0v) is 14.3. The number of hydrogen-bond donors (Lipinski definition) is 0. The second-order valence-electron chi connectivity index (χ2n) is 1.15. The van der Waals surface area contributed by atoms with Gasteiger partial charge < -0.3 is 39.6 Å². The molecule has 0 bridgehead atoms. The van der Waals surface area contributed by atoms with Crippen molar-refractivity contribution in [2.75, 3.05) is 0 Å². The van der Waals surface area contributed by atoms with E-state index in [1.165, 1.54) is 0 Å². The van der Waals surface area contributed by atoms with E-state index < -0.39 is 23.9 Å². The molecule has 0 atom stereocenters. The Hall–Kier alpha value is 0.464. The third-order valence-corrected chi connectivity index (χ3v) is 0.333. The summed E-state index contributed by atoms with van der Waals surface area (Å²) in [6.07, 6.45) is 0. The van der Waals surface area contributed by atoms with Crippen LogP contribution in [0.5, 0.6) is 0 Å². The number of aliphatic carboxylic acids is 4. The van der Waals surface area contributed by atoms with Gasteiger partial charge in [0.25, 0.3) is 0 Å². The van der Waals surface area contributed by atoms with E-state index in [9.17, 15) is 0 Å². The van der Waals surface area contributed by atoms with Gasteiger partial charge in [0, 0.05) is 0 Å². The topological polar surface area (TPSA) is 161 Å². The molecule has 0 aliphatic carbocycles. The van der Waals surface area contributed by atoms with Gasteiger partial charge in [-0.25, -0.2) is 0 Å². The summed E-state index contributed by atoms with van der Waals surface area (Å²) in [6.45, 7) is 0. The van der Waals surface area contributed by atoms with Crippen molar-refractivity contribution in [1.82, 2.24) is 0 Å². The molecule has 0 aliphatic heterocycles. The summed E-state index contributed by atoms with van der Waals surface area (Å²) in [5.74, 6) is -8.74. The van der Waals surface area contributed by atoms with E-state index >= 15 is 0 Å². The predicted molar refractivity (Wildman–Crippen MR) is 25.8 cm³/mol. The molecule has 0 amide bonds. The smallest absolute Gasteiger partial charge is 0.543 e. The summed E-state index contributed by atoms with van der Waals surface area (Å²) in [5.41, 5.74) is 0. The molecule has 0 heterocycles. The molecule has 10 heteroatoms. The molecule has 0 N–H and O–H groups in total. The summed E-state index contributed by atoms with van der Waals surface area (Å²) in [6, 6.07) is 0. The normalized spacial score (nSPS) is 6.29. The Morgan fingerprint density at radius 2 is 0.643 bits per heavy atom. The monoisotopic (exact) mass is 336 g/mol. The molecule has 0 rings (SSSR count). The summed E-state index contributed by atoms with van der Waals surface area (Å²) in [4.78, 5) is 35.7. The van der Waals surface area contributed by atoms with Crippen LogP contribution >= 0.6 is 0 Å². The van der Waals surface area contributed by atoms with Crippen LogP contribution in [0.3, 0.4) is 0 Å². The SMILES string of the molecule is O=C([O-])C(=O)[O-].O=C([O-])C(=O)[O-].[Al+3].[Cs+]. The maximum atomic E-state index is 8.93. The van der Waals surface area contributed by atoms with Crippen LogP contribution in [0.4, 0.5) is 0 Å². The first-order valence-corrected chi connectivity index (χ1v) is 2.13. The molecule has 0 saturated carbocycles. The standard InChI is InChI=1S/2C2H2O4.Al.Cs/c2*3-1(4)2(5)6;;/h2*(H,3,4)(H,5,6);;/q;;+3;+1/p-4. The Morgan fingerprint density at radius 1 is 0.571 bits per heavy atom. The third-order valence-electron chi connectivity index (χ3n) is 0.333. The first kappa shape index (κ1) is 23.9. The molecule has 14 heavy (non-hydrogen) atoms. The molecule has 0 saturated heterocycles. The number of carbonyl (C=O) groups is 4. The van der Waals surface area contributed by atoms with Crippen LogP contribution in [-0.4, -0.2) is 41.2 Å². The van der Waals surface area contributed by atoms with Gasteiger partial charge in [0.15, 0.2) is 0 Å². The van der Waals surface area contributed by atoms with Crippen molar-refractivity contribution in [2.24, 2.45) is 0 Å². The molecule has 0 spiro atoms. The fourth-order valence-corrected chi connectivity index (χ4v) is 0. The van der Waals surface area contributed by atoms with Gasteiger partial charge in [-0.2, -0.15) is 0 Å². The zero-order chi connectivity index (χ0) is 10.3. The number of rotatable bonds is 0. The molecule has 0 fully saturated rings. The van der Waals surface area contributed by atoms with Crippen LogP contribution in [0.2, 0.25) is 0 Å². The van der Waals surface area contributed by atoms with E-state index in [1.807, 2.05) is 0 Å². The Labute approximate surface area is 147 Å². The van der Waals surface area contributed by atoms with Crippen LogP contribution < -0.4 is 89.3 Å². The van der Waals surface area contributed by atoms with Crippen molar-refractivity contribution in [2.45, 2.75) is 0 Å². The van der Waals surface area contributed by atoms with Crippen molar-refractivity contribution >= 4 is 41.2 Å². The Kier molecular flexibility index (Phi) is 23.0. The minimum atomic E-state index is -2.19. The molecule has 0 aromatic rings. The van der Waals surface area contributed by atoms with Crippen LogP contribution in [0.1, 0.15) is 0 Å². The molecule has 0 aromatic carbocycles.